The third-order valence-electron chi connectivity index (χ3n) is 3.72. The summed E-state index contributed by atoms with van der Waals surface area (Å²) in [6, 6.07) is 17.6. The molecule has 0 atom stereocenters. The van der Waals surface area contributed by atoms with Gasteiger partial charge in [-0.25, -0.2) is 0 Å². The fraction of sp³-hybridized carbons (Fsp3) is 0.167. The molecule has 4 rings (SSSR count). The summed E-state index contributed by atoms with van der Waals surface area (Å²) in [4.78, 5) is 4.71. The molecule has 21 heavy (non-hydrogen) atoms. The van der Waals surface area contributed by atoms with E-state index in [-0.39, 0.29) is 0 Å². The van der Waals surface area contributed by atoms with Crippen molar-refractivity contribution in [3.63, 3.8) is 0 Å². The average molecular weight is 296 g/mol. The van der Waals surface area contributed by atoms with Crippen molar-refractivity contribution in [1.82, 2.24) is 4.98 Å². The lowest BCUT2D eigenvalue weighted by molar-refractivity contribution is 0.483. The molecule has 2 aromatic carbocycles. The summed E-state index contributed by atoms with van der Waals surface area (Å²) in [7, 11) is 0. The number of para-hydroxylation sites is 1. The molecule has 0 bridgehead atoms. The van der Waals surface area contributed by atoms with Crippen LogP contribution < -0.4 is 4.74 Å². The van der Waals surface area contributed by atoms with E-state index in [0.29, 0.717) is 5.92 Å². The second kappa shape index (κ2) is 5.05. The Balaban J connectivity index is 1.72. The number of hydrogen-bond acceptors (Lipinski definition) is 2. The average Bonchev–Trinajstić information content (AvgIpc) is 3.33. The predicted octanol–water partition coefficient (Wildman–Crippen LogP) is 5.56. The molecule has 1 aliphatic carbocycles. The maximum Gasteiger partial charge on any atom is 0.128 e. The number of aromatic nitrogens is 1. The van der Waals surface area contributed by atoms with Gasteiger partial charge in [0.1, 0.15) is 11.5 Å². The van der Waals surface area contributed by atoms with Crippen LogP contribution in [0.15, 0.2) is 54.6 Å². The minimum atomic E-state index is 0.604. The van der Waals surface area contributed by atoms with Crippen molar-refractivity contribution in [2.75, 3.05) is 0 Å². The third-order valence-corrected chi connectivity index (χ3v) is 4.04. The van der Waals surface area contributed by atoms with E-state index in [1.807, 2.05) is 54.6 Å². The standard InChI is InChI=1S/C18H14ClNO/c19-16-11-18(12-6-7-12)20-17-9-8-14(10-15(16)17)21-13-4-2-1-3-5-13/h1-5,8-12H,6-7H2. The zero-order valence-electron chi connectivity index (χ0n) is 11.4. The van der Waals surface area contributed by atoms with E-state index < -0.39 is 0 Å². The molecule has 104 valence electrons. The van der Waals surface area contributed by atoms with E-state index in [4.69, 9.17) is 21.3 Å². The predicted molar refractivity (Wildman–Crippen MR) is 85.2 cm³/mol. The molecule has 0 N–H and O–H groups in total. The molecule has 1 heterocycles. The molecular formula is C18H14ClNO. The quantitative estimate of drug-likeness (QED) is 0.631. The minimum Gasteiger partial charge on any atom is -0.457 e. The van der Waals surface area contributed by atoms with Crippen molar-refractivity contribution in [2.45, 2.75) is 18.8 Å². The summed E-state index contributed by atoms with van der Waals surface area (Å²) < 4.78 is 5.85. The van der Waals surface area contributed by atoms with Gasteiger partial charge >= 0.3 is 0 Å². The zero-order chi connectivity index (χ0) is 14.2. The first-order chi connectivity index (χ1) is 10.3. The lowest BCUT2D eigenvalue weighted by Gasteiger charge is -2.08. The van der Waals surface area contributed by atoms with Crippen LogP contribution in [0.2, 0.25) is 5.02 Å². The lowest BCUT2D eigenvalue weighted by atomic mass is 10.1. The van der Waals surface area contributed by atoms with Crippen LogP contribution in [-0.2, 0) is 0 Å². The Labute approximate surface area is 128 Å². The molecule has 0 aliphatic heterocycles. The Bertz CT molecular complexity index is 797. The van der Waals surface area contributed by atoms with Crippen LogP contribution in [0.3, 0.4) is 0 Å². The molecular weight excluding hydrogens is 282 g/mol. The van der Waals surface area contributed by atoms with E-state index in [1.165, 1.54) is 12.8 Å². The first-order valence-electron chi connectivity index (χ1n) is 7.13. The number of rotatable bonds is 3. The summed E-state index contributed by atoms with van der Waals surface area (Å²) in [6.45, 7) is 0. The summed E-state index contributed by atoms with van der Waals surface area (Å²) in [5.41, 5.74) is 2.05. The van der Waals surface area contributed by atoms with Gasteiger partial charge in [-0.15, -0.1) is 0 Å². The Hall–Kier alpha value is -2.06. The van der Waals surface area contributed by atoms with Crippen LogP contribution in [0.25, 0.3) is 10.9 Å². The molecule has 0 spiro atoms. The Morgan fingerprint density at radius 2 is 1.76 bits per heavy atom. The second-order valence-corrected chi connectivity index (χ2v) is 5.80. The number of halogens is 1. The molecule has 1 fully saturated rings. The van der Waals surface area contributed by atoms with Crippen molar-refractivity contribution < 1.29 is 4.74 Å². The van der Waals surface area contributed by atoms with Gasteiger partial charge in [-0.3, -0.25) is 4.98 Å². The fourth-order valence-corrected chi connectivity index (χ4v) is 2.72. The Morgan fingerprint density at radius 1 is 0.952 bits per heavy atom. The molecule has 0 saturated heterocycles. The minimum absolute atomic E-state index is 0.604. The highest BCUT2D eigenvalue weighted by Gasteiger charge is 2.25. The van der Waals surface area contributed by atoms with Crippen LogP contribution >= 0.6 is 11.6 Å². The van der Waals surface area contributed by atoms with E-state index in [2.05, 4.69) is 0 Å². The molecule has 3 aromatic rings. The molecule has 1 aromatic heterocycles. The van der Waals surface area contributed by atoms with Crippen molar-refractivity contribution in [1.29, 1.82) is 0 Å². The highest BCUT2D eigenvalue weighted by Crippen LogP contribution is 2.41. The Kier molecular flexibility index (Phi) is 3.04. The molecule has 1 saturated carbocycles. The summed E-state index contributed by atoms with van der Waals surface area (Å²) >= 11 is 6.41. The molecule has 3 heteroatoms. The number of hydrogen-bond donors (Lipinski definition) is 0. The van der Waals surface area contributed by atoms with Crippen LogP contribution in [-0.4, -0.2) is 4.98 Å². The van der Waals surface area contributed by atoms with Gasteiger partial charge in [0.05, 0.1) is 10.5 Å². The summed E-state index contributed by atoms with van der Waals surface area (Å²) in [5.74, 6) is 2.19. The van der Waals surface area contributed by atoms with Crippen molar-refractivity contribution in [3.05, 3.63) is 65.3 Å². The van der Waals surface area contributed by atoms with Gasteiger partial charge in [0.2, 0.25) is 0 Å². The Morgan fingerprint density at radius 3 is 2.52 bits per heavy atom. The molecule has 0 amide bonds. The van der Waals surface area contributed by atoms with E-state index in [0.717, 1.165) is 33.1 Å². The van der Waals surface area contributed by atoms with E-state index >= 15 is 0 Å². The van der Waals surface area contributed by atoms with Gasteiger partial charge < -0.3 is 4.74 Å². The van der Waals surface area contributed by atoms with Crippen molar-refractivity contribution in [3.8, 4) is 11.5 Å². The maximum absolute atomic E-state index is 6.41. The molecule has 0 unspecified atom stereocenters. The van der Waals surface area contributed by atoms with Crippen LogP contribution in [0.4, 0.5) is 0 Å². The topological polar surface area (TPSA) is 22.1 Å². The van der Waals surface area contributed by atoms with E-state index in [1.54, 1.807) is 0 Å². The lowest BCUT2D eigenvalue weighted by Crippen LogP contribution is -1.90. The van der Waals surface area contributed by atoms with Gasteiger partial charge in [0.25, 0.3) is 0 Å². The number of pyridine rings is 1. The number of benzene rings is 2. The monoisotopic (exact) mass is 295 g/mol. The zero-order valence-corrected chi connectivity index (χ0v) is 12.2. The van der Waals surface area contributed by atoms with Gasteiger partial charge in [0, 0.05) is 17.0 Å². The van der Waals surface area contributed by atoms with E-state index in [9.17, 15) is 0 Å². The fourth-order valence-electron chi connectivity index (χ4n) is 2.46. The van der Waals surface area contributed by atoms with Gasteiger partial charge in [-0.2, -0.15) is 0 Å². The first kappa shape index (κ1) is 12.7. The SMILES string of the molecule is Clc1cc(C2CC2)nc2ccc(Oc3ccccc3)cc12. The number of nitrogens with zero attached hydrogens (tertiary/aromatic N) is 1. The number of ether oxygens (including phenoxy) is 1. The molecule has 2 nitrogen and oxygen atoms in total. The third kappa shape index (κ3) is 2.59. The van der Waals surface area contributed by atoms with Gasteiger partial charge in [-0.1, -0.05) is 29.8 Å². The highest BCUT2D eigenvalue weighted by molar-refractivity contribution is 6.35. The summed E-state index contributed by atoms with van der Waals surface area (Å²) in [5, 5.41) is 1.69. The largest absolute Gasteiger partial charge is 0.457 e. The van der Waals surface area contributed by atoms with Crippen LogP contribution in [0, 0.1) is 0 Å². The summed E-state index contributed by atoms with van der Waals surface area (Å²) in [6.07, 6.45) is 2.45. The molecule has 1 aliphatic rings. The van der Waals surface area contributed by atoms with Crippen LogP contribution in [0.1, 0.15) is 24.5 Å². The molecule has 0 radical (unpaired) electrons. The highest BCUT2D eigenvalue weighted by atomic mass is 35.5. The maximum atomic E-state index is 6.41. The van der Waals surface area contributed by atoms with Gasteiger partial charge in [-0.05, 0) is 49.2 Å². The smallest absolute Gasteiger partial charge is 0.128 e. The van der Waals surface area contributed by atoms with Crippen molar-refractivity contribution >= 4 is 22.5 Å². The van der Waals surface area contributed by atoms with Crippen LogP contribution in [0.5, 0.6) is 11.5 Å². The van der Waals surface area contributed by atoms with Crippen molar-refractivity contribution in [2.24, 2.45) is 0 Å². The van der Waals surface area contributed by atoms with Gasteiger partial charge in [0.15, 0.2) is 0 Å². The first-order valence-corrected chi connectivity index (χ1v) is 7.50. The second-order valence-electron chi connectivity index (χ2n) is 5.40. The number of fused-ring (bicyclic) bond motifs is 1. The normalized spacial score (nSPS) is 14.3.